The molecule has 3 nitrogen and oxygen atoms in total. The molecule has 0 saturated heterocycles. The highest BCUT2D eigenvalue weighted by molar-refractivity contribution is 9.10. The molecule has 2 rings (SSSR count). The van der Waals surface area contributed by atoms with Crippen molar-refractivity contribution in [2.24, 2.45) is 5.73 Å². The monoisotopic (exact) mass is 295 g/mol. The fraction of sp³-hybridized carbons (Fsp3) is 0.231. The van der Waals surface area contributed by atoms with Crippen molar-refractivity contribution in [3.63, 3.8) is 0 Å². The van der Waals surface area contributed by atoms with Gasteiger partial charge in [-0.1, -0.05) is 12.2 Å². The van der Waals surface area contributed by atoms with Gasteiger partial charge in [-0.2, -0.15) is 0 Å². The lowest BCUT2D eigenvalue weighted by atomic mass is 10.1. The molecule has 0 atom stereocenters. The Kier molecular flexibility index (Phi) is 3.54. The van der Waals surface area contributed by atoms with Crippen LogP contribution >= 0.6 is 15.9 Å². The van der Waals surface area contributed by atoms with Crippen molar-refractivity contribution in [1.29, 1.82) is 0 Å². The molecule has 90 valence electrons. The van der Waals surface area contributed by atoms with E-state index in [4.69, 9.17) is 14.9 Å². The Morgan fingerprint density at radius 3 is 2.88 bits per heavy atom. The predicted octanol–water partition coefficient (Wildman–Crippen LogP) is 3.48. The molecule has 0 saturated carbocycles. The zero-order chi connectivity index (χ0) is 12.4. The van der Waals surface area contributed by atoms with E-state index < -0.39 is 0 Å². The van der Waals surface area contributed by atoms with Gasteiger partial charge in [-0.05, 0) is 40.5 Å². The largest absolute Gasteiger partial charge is 0.493 e. The first-order chi connectivity index (χ1) is 8.17. The average Bonchev–Trinajstić information content (AvgIpc) is 2.71. The van der Waals surface area contributed by atoms with Crippen LogP contribution in [-0.2, 0) is 0 Å². The summed E-state index contributed by atoms with van der Waals surface area (Å²) in [5.74, 6) is 1.59. The van der Waals surface area contributed by atoms with Crippen LogP contribution in [0, 0.1) is 6.92 Å². The average molecular weight is 296 g/mol. The van der Waals surface area contributed by atoms with Gasteiger partial charge in [0.25, 0.3) is 0 Å². The quantitative estimate of drug-likeness (QED) is 0.943. The smallest absolute Gasteiger partial charge is 0.177 e. The van der Waals surface area contributed by atoms with E-state index in [1.54, 1.807) is 7.11 Å². The van der Waals surface area contributed by atoms with Crippen LogP contribution in [0.25, 0.3) is 17.0 Å². The maximum absolute atomic E-state index is 5.63. The van der Waals surface area contributed by atoms with E-state index >= 15 is 0 Å². The summed E-state index contributed by atoms with van der Waals surface area (Å²) in [4.78, 5) is 0. The van der Waals surface area contributed by atoms with E-state index in [9.17, 15) is 0 Å². The van der Waals surface area contributed by atoms with Crippen LogP contribution in [0.3, 0.4) is 0 Å². The number of hydrogen-bond donors (Lipinski definition) is 1. The molecule has 0 aliphatic carbocycles. The van der Waals surface area contributed by atoms with Crippen molar-refractivity contribution in [2.45, 2.75) is 6.92 Å². The van der Waals surface area contributed by atoms with Gasteiger partial charge in [0.1, 0.15) is 5.76 Å². The first kappa shape index (κ1) is 12.2. The summed E-state index contributed by atoms with van der Waals surface area (Å²) < 4.78 is 12.0. The highest BCUT2D eigenvalue weighted by atomic mass is 79.9. The molecule has 0 bridgehead atoms. The van der Waals surface area contributed by atoms with Gasteiger partial charge in [-0.3, -0.25) is 0 Å². The fourth-order valence-corrected chi connectivity index (χ4v) is 2.30. The second-order valence-electron chi connectivity index (χ2n) is 3.72. The maximum Gasteiger partial charge on any atom is 0.177 e. The molecule has 1 heterocycles. The zero-order valence-electron chi connectivity index (χ0n) is 9.79. The van der Waals surface area contributed by atoms with Gasteiger partial charge in [0, 0.05) is 16.4 Å². The molecule has 0 amide bonds. The number of nitrogens with two attached hydrogens (primary N) is 1. The van der Waals surface area contributed by atoms with Gasteiger partial charge in [0.2, 0.25) is 0 Å². The fourth-order valence-electron chi connectivity index (χ4n) is 1.75. The number of methoxy groups -OCH3 is 1. The summed E-state index contributed by atoms with van der Waals surface area (Å²) in [5, 5.41) is 1.01. The minimum atomic E-state index is 0.511. The Hall–Kier alpha value is -1.26. The summed E-state index contributed by atoms with van der Waals surface area (Å²) in [6.07, 6.45) is 3.87. The molecule has 0 radical (unpaired) electrons. The minimum Gasteiger partial charge on any atom is -0.493 e. The van der Waals surface area contributed by atoms with Gasteiger partial charge in [0.15, 0.2) is 11.3 Å². The number of aryl methyl sites for hydroxylation is 1. The molecule has 1 aromatic heterocycles. The normalized spacial score (nSPS) is 11.5. The molecule has 2 aromatic rings. The van der Waals surface area contributed by atoms with Crippen molar-refractivity contribution in [3.05, 3.63) is 34.0 Å². The Labute approximate surface area is 108 Å². The Morgan fingerprint density at radius 1 is 1.47 bits per heavy atom. The third-order valence-corrected chi connectivity index (χ3v) is 3.39. The molecule has 0 aliphatic rings. The summed E-state index contributed by atoms with van der Waals surface area (Å²) in [7, 11) is 1.64. The van der Waals surface area contributed by atoms with E-state index in [1.165, 1.54) is 0 Å². The number of benzene rings is 1. The molecule has 0 unspecified atom stereocenters. The summed E-state index contributed by atoms with van der Waals surface area (Å²) in [5.41, 5.74) is 7.26. The van der Waals surface area contributed by atoms with Gasteiger partial charge in [-0.25, -0.2) is 0 Å². The zero-order valence-corrected chi connectivity index (χ0v) is 11.4. The number of fused-ring (bicyclic) bond motifs is 1. The SMILES string of the molecule is COc1cc(/C=C/CN)c(Br)c2cc(C)oc12. The number of rotatable bonds is 3. The van der Waals surface area contributed by atoms with Crippen LogP contribution < -0.4 is 10.5 Å². The number of halogens is 1. The molecule has 0 spiro atoms. The molecule has 17 heavy (non-hydrogen) atoms. The number of furan rings is 1. The van der Waals surface area contributed by atoms with Gasteiger partial charge < -0.3 is 14.9 Å². The summed E-state index contributed by atoms with van der Waals surface area (Å²) >= 11 is 3.58. The predicted molar refractivity (Wildman–Crippen MR) is 73.3 cm³/mol. The van der Waals surface area contributed by atoms with Crippen molar-refractivity contribution in [1.82, 2.24) is 0 Å². The van der Waals surface area contributed by atoms with Gasteiger partial charge >= 0.3 is 0 Å². The summed E-state index contributed by atoms with van der Waals surface area (Å²) in [6.45, 7) is 2.43. The van der Waals surface area contributed by atoms with E-state index in [-0.39, 0.29) is 0 Å². The first-order valence-corrected chi connectivity index (χ1v) is 6.10. The maximum atomic E-state index is 5.63. The van der Waals surface area contributed by atoms with E-state index in [1.807, 2.05) is 31.2 Å². The van der Waals surface area contributed by atoms with Crippen molar-refractivity contribution < 1.29 is 9.15 Å². The molecule has 0 aliphatic heterocycles. The van der Waals surface area contributed by atoms with Crippen molar-refractivity contribution in [2.75, 3.05) is 13.7 Å². The summed E-state index contributed by atoms with van der Waals surface area (Å²) in [6, 6.07) is 3.92. The van der Waals surface area contributed by atoms with Crippen molar-refractivity contribution >= 4 is 33.0 Å². The molecular formula is C13H14BrNO2. The second kappa shape index (κ2) is 4.94. The molecule has 0 fully saturated rings. The van der Waals surface area contributed by atoms with Crippen LogP contribution in [0.4, 0.5) is 0 Å². The Morgan fingerprint density at radius 2 is 2.24 bits per heavy atom. The minimum absolute atomic E-state index is 0.511. The van der Waals surface area contributed by atoms with E-state index in [0.717, 1.165) is 32.5 Å². The topological polar surface area (TPSA) is 48.4 Å². The first-order valence-electron chi connectivity index (χ1n) is 5.30. The van der Waals surface area contributed by atoms with Crippen LogP contribution in [0.5, 0.6) is 5.75 Å². The third kappa shape index (κ3) is 2.23. The highest BCUT2D eigenvalue weighted by Crippen LogP contribution is 2.37. The number of ether oxygens (including phenoxy) is 1. The number of hydrogen-bond acceptors (Lipinski definition) is 3. The van der Waals surface area contributed by atoms with E-state index in [2.05, 4.69) is 15.9 Å². The van der Waals surface area contributed by atoms with Crippen LogP contribution in [0.15, 0.2) is 27.1 Å². The standard InChI is InChI=1S/C13H14BrNO2/c1-8-6-10-12(14)9(4-3-5-15)7-11(16-2)13(10)17-8/h3-4,6-7H,5,15H2,1-2H3/b4-3+. The van der Waals surface area contributed by atoms with Crippen LogP contribution in [0.1, 0.15) is 11.3 Å². The van der Waals surface area contributed by atoms with Gasteiger partial charge in [-0.15, -0.1) is 0 Å². The van der Waals surface area contributed by atoms with E-state index in [0.29, 0.717) is 6.54 Å². The lowest BCUT2D eigenvalue weighted by molar-refractivity contribution is 0.408. The Balaban J connectivity index is 2.70. The lowest BCUT2D eigenvalue weighted by Crippen LogP contribution is -1.92. The molecular weight excluding hydrogens is 282 g/mol. The van der Waals surface area contributed by atoms with Crippen LogP contribution in [0.2, 0.25) is 0 Å². The van der Waals surface area contributed by atoms with Crippen molar-refractivity contribution in [3.8, 4) is 5.75 Å². The molecule has 1 aromatic carbocycles. The lowest BCUT2D eigenvalue weighted by Gasteiger charge is -2.05. The van der Waals surface area contributed by atoms with Gasteiger partial charge in [0.05, 0.1) is 7.11 Å². The van der Waals surface area contributed by atoms with Crippen LogP contribution in [-0.4, -0.2) is 13.7 Å². The second-order valence-corrected chi connectivity index (χ2v) is 4.51. The molecule has 4 heteroatoms. The highest BCUT2D eigenvalue weighted by Gasteiger charge is 2.13. The Bertz CT molecular complexity index is 572. The third-order valence-electron chi connectivity index (χ3n) is 2.51. The molecule has 2 N–H and O–H groups in total.